The van der Waals surface area contributed by atoms with Crippen molar-refractivity contribution < 1.29 is 19.0 Å². The summed E-state index contributed by atoms with van der Waals surface area (Å²) in [5.74, 6) is 0.239. The molecule has 4 heteroatoms. The number of epoxide rings is 2. The molecular weight excluding hydrogens is 244 g/mol. The Balaban J connectivity index is 1.60. The number of carbonyl (C=O) groups is 1. The van der Waals surface area contributed by atoms with E-state index in [4.69, 9.17) is 14.2 Å². The van der Waals surface area contributed by atoms with Gasteiger partial charge in [0.1, 0.15) is 12.2 Å². The molecule has 3 saturated heterocycles. The summed E-state index contributed by atoms with van der Waals surface area (Å²) in [6, 6.07) is 0. The summed E-state index contributed by atoms with van der Waals surface area (Å²) in [6.07, 6.45) is 4.56. The molecule has 4 rings (SSSR count). The molecule has 1 aliphatic carbocycles. The SMILES string of the molecule is C[C@@H]1C(=O)O[C@H]2[C@@H]1CC[C@@]1(C)O[C@@H]1CC[C@@]1(C)O[C@H]21. The van der Waals surface area contributed by atoms with Gasteiger partial charge >= 0.3 is 5.97 Å². The van der Waals surface area contributed by atoms with Crippen LogP contribution >= 0.6 is 0 Å². The molecular formula is C15H22O4. The summed E-state index contributed by atoms with van der Waals surface area (Å²) in [6.45, 7) is 6.34. The molecule has 1 saturated carbocycles. The van der Waals surface area contributed by atoms with Gasteiger partial charge < -0.3 is 14.2 Å². The fraction of sp³-hybridized carbons (Fsp3) is 0.933. The lowest BCUT2D eigenvalue weighted by molar-refractivity contribution is -0.144. The molecule has 4 aliphatic rings. The molecule has 0 spiro atoms. The fourth-order valence-electron chi connectivity index (χ4n) is 4.11. The van der Waals surface area contributed by atoms with E-state index in [0.717, 1.165) is 25.7 Å². The number of ether oxygens (including phenoxy) is 3. The first kappa shape index (κ1) is 12.2. The van der Waals surface area contributed by atoms with Crippen LogP contribution in [0.25, 0.3) is 0 Å². The maximum Gasteiger partial charge on any atom is 0.309 e. The fourth-order valence-corrected chi connectivity index (χ4v) is 4.11. The van der Waals surface area contributed by atoms with Crippen LogP contribution in [0.5, 0.6) is 0 Å². The summed E-state index contributed by atoms with van der Waals surface area (Å²) in [5, 5.41) is 0. The summed E-state index contributed by atoms with van der Waals surface area (Å²) in [7, 11) is 0. The second-order valence-electron chi connectivity index (χ2n) is 7.20. The molecule has 0 N–H and O–H groups in total. The molecule has 0 bridgehead atoms. The number of rotatable bonds is 0. The van der Waals surface area contributed by atoms with Crippen molar-refractivity contribution in [2.45, 2.75) is 76.0 Å². The predicted octanol–water partition coefficient (Wildman–Crippen LogP) is 2.05. The van der Waals surface area contributed by atoms with Crippen LogP contribution in [-0.4, -0.2) is 35.5 Å². The summed E-state index contributed by atoms with van der Waals surface area (Å²) in [5.41, 5.74) is -0.0640. The average molecular weight is 266 g/mol. The van der Waals surface area contributed by atoms with Crippen LogP contribution < -0.4 is 0 Å². The number of hydrogen-bond donors (Lipinski definition) is 0. The molecule has 3 heterocycles. The second-order valence-corrected chi connectivity index (χ2v) is 7.20. The van der Waals surface area contributed by atoms with Gasteiger partial charge in [0.2, 0.25) is 0 Å². The number of esters is 1. The summed E-state index contributed by atoms with van der Waals surface area (Å²) in [4.78, 5) is 11.9. The molecule has 19 heavy (non-hydrogen) atoms. The first-order chi connectivity index (χ1) is 8.93. The Labute approximate surface area is 113 Å². The topological polar surface area (TPSA) is 51.4 Å². The summed E-state index contributed by atoms with van der Waals surface area (Å²) >= 11 is 0. The first-order valence-electron chi connectivity index (χ1n) is 7.49. The van der Waals surface area contributed by atoms with Gasteiger partial charge in [0.05, 0.1) is 23.2 Å². The standard InChI is InChI=1S/C15H22O4/c1-8-9-4-6-14(2)10(18-14)5-7-15(3)12(19-15)11(9)17-13(8)16/h8-12H,4-7H2,1-3H3/t8-,9+,10+,11-,12+,14+,15+/m0/s1. The van der Waals surface area contributed by atoms with E-state index in [1.165, 1.54) is 0 Å². The van der Waals surface area contributed by atoms with Crippen LogP contribution in [0.15, 0.2) is 0 Å². The van der Waals surface area contributed by atoms with Crippen LogP contribution in [0, 0.1) is 11.8 Å². The molecule has 106 valence electrons. The number of carbonyl (C=O) groups excluding carboxylic acids is 1. The Kier molecular flexibility index (Phi) is 2.26. The Morgan fingerprint density at radius 2 is 1.84 bits per heavy atom. The zero-order chi connectivity index (χ0) is 13.4. The van der Waals surface area contributed by atoms with Crippen LogP contribution in [0.1, 0.15) is 46.5 Å². The van der Waals surface area contributed by atoms with Gasteiger partial charge in [-0.05, 0) is 39.5 Å². The van der Waals surface area contributed by atoms with Gasteiger partial charge in [0.15, 0.2) is 0 Å². The third kappa shape index (κ3) is 1.69. The largest absolute Gasteiger partial charge is 0.459 e. The monoisotopic (exact) mass is 266 g/mol. The maximum absolute atomic E-state index is 11.9. The molecule has 4 fully saturated rings. The van der Waals surface area contributed by atoms with Gasteiger partial charge in [0, 0.05) is 5.92 Å². The van der Waals surface area contributed by atoms with Crippen molar-refractivity contribution in [3.05, 3.63) is 0 Å². The second kappa shape index (κ2) is 3.53. The smallest absolute Gasteiger partial charge is 0.309 e. The van der Waals surface area contributed by atoms with E-state index in [-0.39, 0.29) is 35.3 Å². The molecule has 0 radical (unpaired) electrons. The van der Waals surface area contributed by atoms with E-state index in [2.05, 4.69) is 13.8 Å². The van der Waals surface area contributed by atoms with Crippen molar-refractivity contribution in [3.8, 4) is 0 Å². The van der Waals surface area contributed by atoms with Gasteiger partial charge in [-0.1, -0.05) is 6.92 Å². The van der Waals surface area contributed by atoms with Crippen LogP contribution in [0.3, 0.4) is 0 Å². The highest BCUT2D eigenvalue weighted by molar-refractivity contribution is 5.75. The van der Waals surface area contributed by atoms with E-state index in [9.17, 15) is 4.79 Å². The summed E-state index contributed by atoms with van der Waals surface area (Å²) < 4.78 is 17.4. The van der Waals surface area contributed by atoms with Crippen molar-refractivity contribution in [2.75, 3.05) is 0 Å². The Morgan fingerprint density at radius 3 is 2.63 bits per heavy atom. The van der Waals surface area contributed by atoms with Gasteiger partial charge in [-0.2, -0.15) is 0 Å². The van der Waals surface area contributed by atoms with Crippen LogP contribution in [-0.2, 0) is 19.0 Å². The minimum atomic E-state index is -0.0997. The van der Waals surface area contributed by atoms with Crippen molar-refractivity contribution in [2.24, 2.45) is 11.8 Å². The highest BCUT2D eigenvalue weighted by Gasteiger charge is 2.64. The molecule has 4 nitrogen and oxygen atoms in total. The van der Waals surface area contributed by atoms with Crippen molar-refractivity contribution in [1.29, 1.82) is 0 Å². The Hall–Kier alpha value is -0.610. The van der Waals surface area contributed by atoms with Gasteiger partial charge in [-0.15, -0.1) is 0 Å². The van der Waals surface area contributed by atoms with Crippen molar-refractivity contribution in [3.63, 3.8) is 0 Å². The lowest BCUT2D eigenvalue weighted by Crippen LogP contribution is -2.31. The number of fused-ring (bicyclic) bond motifs is 4. The quantitative estimate of drug-likeness (QED) is 0.497. The van der Waals surface area contributed by atoms with Gasteiger partial charge in [-0.3, -0.25) is 4.79 Å². The molecule has 0 aromatic heterocycles. The molecule has 3 aliphatic heterocycles. The molecule has 0 unspecified atom stereocenters. The predicted molar refractivity (Wildman–Crippen MR) is 67.6 cm³/mol. The highest BCUT2D eigenvalue weighted by atomic mass is 16.6. The molecule has 0 amide bonds. The van der Waals surface area contributed by atoms with E-state index in [1.807, 2.05) is 6.92 Å². The number of hydrogen-bond acceptors (Lipinski definition) is 4. The Bertz CT molecular complexity index is 436. The lowest BCUT2D eigenvalue weighted by atomic mass is 9.79. The van der Waals surface area contributed by atoms with E-state index in [0.29, 0.717) is 12.0 Å². The first-order valence-corrected chi connectivity index (χ1v) is 7.49. The minimum Gasteiger partial charge on any atom is -0.459 e. The van der Waals surface area contributed by atoms with Gasteiger partial charge in [0.25, 0.3) is 0 Å². The Morgan fingerprint density at radius 1 is 1.11 bits per heavy atom. The van der Waals surface area contributed by atoms with Crippen LogP contribution in [0.2, 0.25) is 0 Å². The third-order valence-corrected chi connectivity index (χ3v) is 5.84. The zero-order valence-corrected chi connectivity index (χ0v) is 11.8. The molecule has 7 atom stereocenters. The molecule has 0 aromatic rings. The van der Waals surface area contributed by atoms with E-state index < -0.39 is 0 Å². The van der Waals surface area contributed by atoms with Crippen molar-refractivity contribution >= 4 is 5.97 Å². The normalized spacial score (nSPS) is 59.5. The van der Waals surface area contributed by atoms with E-state index in [1.54, 1.807) is 0 Å². The minimum absolute atomic E-state index is 0.00123. The average Bonchev–Trinajstić information content (AvgIpc) is 3.18. The highest BCUT2D eigenvalue weighted by Crippen LogP contribution is 2.54. The third-order valence-electron chi connectivity index (χ3n) is 5.84. The van der Waals surface area contributed by atoms with E-state index >= 15 is 0 Å². The maximum atomic E-state index is 11.9. The lowest BCUT2D eigenvalue weighted by Gasteiger charge is -2.21. The molecule has 0 aromatic carbocycles. The van der Waals surface area contributed by atoms with Gasteiger partial charge in [-0.25, -0.2) is 0 Å². The zero-order valence-electron chi connectivity index (χ0n) is 11.8. The van der Waals surface area contributed by atoms with Crippen LogP contribution in [0.4, 0.5) is 0 Å². The van der Waals surface area contributed by atoms with Crippen molar-refractivity contribution in [1.82, 2.24) is 0 Å².